The summed E-state index contributed by atoms with van der Waals surface area (Å²) in [7, 11) is 3.84. The van der Waals surface area contributed by atoms with E-state index in [1.807, 2.05) is 30.4 Å². The lowest BCUT2D eigenvalue weighted by Crippen LogP contribution is -2.31. The molecule has 0 amide bonds. The zero-order valence-corrected chi connectivity index (χ0v) is 13.8. The number of nitrogens with one attached hydrogen (secondary N) is 1. The molecule has 116 valence electrons. The Morgan fingerprint density at radius 3 is 2.43 bits per heavy atom. The molecule has 0 bridgehead atoms. The molecule has 6 nitrogen and oxygen atoms in total. The van der Waals surface area contributed by atoms with E-state index in [9.17, 15) is 0 Å². The molecule has 2 aromatic rings. The van der Waals surface area contributed by atoms with Gasteiger partial charge in [-0.1, -0.05) is 25.4 Å². The van der Waals surface area contributed by atoms with Crippen molar-refractivity contribution in [1.82, 2.24) is 25.0 Å². The first kappa shape index (κ1) is 16.0. The predicted molar refractivity (Wildman–Crippen MR) is 84.0 cm³/mol. The largest absolute Gasteiger partial charge is 0.271 e. The van der Waals surface area contributed by atoms with Crippen molar-refractivity contribution in [3.8, 4) is 0 Å². The topological polar surface area (TPSA) is 73.7 Å². The van der Waals surface area contributed by atoms with E-state index in [1.165, 1.54) is 0 Å². The van der Waals surface area contributed by atoms with E-state index in [-0.39, 0.29) is 6.04 Å². The van der Waals surface area contributed by atoms with Crippen LogP contribution in [0.3, 0.4) is 0 Å². The van der Waals surface area contributed by atoms with Crippen molar-refractivity contribution in [2.75, 3.05) is 0 Å². The van der Waals surface area contributed by atoms with Crippen molar-refractivity contribution in [2.24, 2.45) is 19.9 Å². The Hall–Kier alpha value is -1.37. The molecule has 0 spiro atoms. The van der Waals surface area contributed by atoms with E-state index in [2.05, 4.69) is 28.6 Å². The van der Waals surface area contributed by atoms with Crippen molar-refractivity contribution in [1.29, 1.82) is 0 Å². The van der Waals surface area contributed by atoms with Gasteiger partial charge < -0.3 is 0 Å². The Bertz CT molecular complexity index is 615. The lowest BCUT2D eigenvalue weighted by molar-refractivity contribution is 0.493. The summed E-state index contributed by atoms with van der Waals surface area (Å²) in [6, 6.07) is 2.02. The molecule has 2 rings (SSSR count). The smallest absolute Gasteiger partial charge is 0.0850 e. The number of aromatic nitrogens is 4. The molecule has 0 aliphatic carbocycles. The van der Waals surface area contributed by atoms with E-state index < -0.39 is 0 Å². The molecule has 3 N–H and O–H groups in total. The van der Waals surface area contributed by atoms with Gasteiger partial charge in [-0.15, -0.1) is 0 Å². The van der Waals surface area contributed by atoms with Gasteiger partial charge in [0, 0.05) is 20.5 Å². The molecule has 0 saturated heterocycles. The number of hydrogen-bond acceptors (Lipinski definition) is 4. The molecular weight excluding hydrogens is 288 g/mol. The predicted octanol–water partition coefficient (Wildman–Crippen LogP) is 1.68. The molecule has 1 unspecified atom stereocenters. The maximum Gasteiger partial charge on any atom is 0.0850 e. The van der Waals surface area contributed by atoms with E-state index in [0.717, 1.165) is 40.6 Å². The molecule has 21 heavy (non-hydrogen) atoms. The quantitative estimate of drug-likeness (QED) is 0.629. The fourth-order valence-electron chi connectivity index (χ4n) is 2.53. The van der Waals surface area contributed by atoms with Crippen molar-refractivity contribution < 1.29 is 0 Å². The number of aryl methyl sites for hydroxylation is 4. The van der Waals surface area contributed by atoms with Crippen LogP contribution in [0.4, 0.5) is 0 Å². The summed E-state index contributed by atoms with van der Waals surface area (Å²) in [6.07, 6.45) is 2.39. The SMILES string of the molecule is CCc1cc(C(Cc2c(Cl)c(CC)nn2C)NN)n(C)n1. The molecule has 2 heterocycles. The second kappa shape index (κ2) is 6.60. The van der Waals surface area contributed by atoms with E-state index in [4.69, 9.17) is 17.4 Å². The van der Waals surface area contributed by atoms with Crippen LogP contribution in [0.25, 0.3) is 0 Å². The van der Waals surface area contributed by atoms with Crippen LogP contribution in [0.1, 0.15) is 42.7 Å². The number of hydrogen-bond donors (Lipinski definition) is 2. The zero-order valence-electron chi connectivity index (χ0n) is 13.0. The van der Waals surface area contributed by atoms with Gasteiger partial charge in [0.1, 0.15) is 0 Å². The molecule has 0 saturated carbocycles. The van der Waals surface area contributed by atoms with Crippen molar-refractivity contribution in [2.45, 2.75) is 39.2 Å². The lowest BCUT2D eigenvalue weighted by atomic mass is 10.1. The molecule has 0 radical (unpaired) electrons. The maximum absolute atomic E-state index is 6.42. The first-order chi connectivity index (χ1) is 10.0. The summed E-state index contributed by atoms with van der Waals surface area (Å²) in [5.41, 5.74) is 6.87. The minimum atomic E-state index is -0.0552. The van der Waals surface area contributed by atoms with Gasteiger partial charge >= 0.3 is 0 Å². The zero-order chi connectivity index (χ0) is 15.6. The second-order valence-corrected chi connectivity index (χ2v) is 5.52. The van der Waals surface area contributed by atoms with Crippen LogP contribution in [-0.4, -0.2) is 19.6 Å². The van der Waals surface area contributed by atoms with E-state index in [0.29, 0.717) is 6.42 Å². The maximum atomic E-state index is 6.42. The van der Waals surface area contributed by atoms with Crippen molar-refractivity contribution in [3.05, 3.63) is 33.9 Å². The monoisotopic (exact) mass is 310 g/mol. The van der Waals surface area contributed by atoms with Gasteiger partial charge in [-0.2, -0.15) is 10.2 Å². The van der Waals surface area contributed by atoms with E-state index >= 15 is 0 Å². The molecule has 0 aliphatic heterocycles. The molecule has 1 atom stereocenters. The number of hydrazine groups is 1. The highest BCUT2D eigenvalue weighted by Crippen LogP contribution is 2.26. The minimum absolute atomic E-state index is 0.0552. The van der Waals surface area contributed by atoms with Crippen LogP contribution in [0.2, 0.25) is 5.02 Å². The average molecular weight is 311 g/mol. The number of nitrogens with zero attached hydrogens (tertiary/aromatic N) is 4. The Balaban J connectivity index is 2.31. The highest BCUT2D eigenvalue weighted by Gasteiger charge is 2.21. The number of halogens is 1. The van der Waals surface area contributed by atoms with Crippen LogP contribution in [0.5, 0.6) is 0 Å². The summed E-state index contributed by atoms with van der Waals surface area (Å²) < 4.78 is 3.71. The first-order valence-corrected chi connectivity index (χ1v) is 7.58. The Labute approximate surface area is 130 Å². The molecule has 0 aromatic carbocycles. The normalized spacial score (nSPS) is 12.9. The summed E-state index contributed by atoms with van der Waals surface area (Å²) in [5, 5.41) is 9.65. The van der Waals surface area contributed by atoms with Crippen LogP contribution < -0.4 is 11.3 Å². The molecule has 0 fully saturated rings. The fourth-order valence-corrected chi connectivity index (χ4v) is 2.90. The third-order valence-corrected chi connectivity index (χ3v) is 4.22. The fraction of sp³-hybridized carbons (Fsp3) is 0.571. The highest BCUT2D eigenvalue weighted by atomic mass is 35.5. The lowest BCUT2D eigenvalue weighted by Gasteiger charge is -2.16. The molecule has 0 aliphatic rings. The minimum Gasteiger partial charge on any atom is -0.271 e. The average Bonchev–Trinajstić information content (AvgIpc) is 2.98. The van der Waals surface area contributed by atoms with Gasteiger partial charge in [-0.3, -0.25) is 20.6 Å². The van der Waals surface area contributed by atoms with Crippen LogP contribution >= 0.6 is 11.6 Å². The molecular formula is C14H23ClN6. The Morgan fingerprint density at radius 2 is 1.95 bits per heavy atom. The van der Waals surface area contributed by atoms with Crippen molar-refractivity contribution in [3.63, 3.8) is 0 Å². The van der Waals surface area contributed by atoms with Crippen molar-refractivity contribution >= 4 is 11.6 Å². The van der Waals surface area contributed by atoms with Gasteiger partial charge in [0.2, 0.25) is 0 Å². The highest BCUT2D eigenvalue weighted by molar-refractivity contribution is 6.31. The van der Waals surface area contributed by atoms with Gasteiger partial charge in [-0.05, 0) is 18.9 Å². The van der Waals surface area contributed by atoms with Gasteiger partial charge in [0.25, 0.3) is 0 Å². The van der Waals surface area contributed by atoms with Gasteiger partial charge in [-0.25, -0.2) is 0 Å². The number of nitrogens with two attached hydrogens (primary N) is 1. The van der Waals surface area contributed by atoms with Gasteiger partial charge in [0.15, 0.2) is 0 Å². The molecule has 7 heteroatoms. The van der Waals surface area contributed by atoms with Crippen LogP contribution in [0, 0.1) is 0 Å². The standard InChI is InChI=1S/C14H23ClN6/c1-5-9-7-12(20(3)18-9)11(17-16)8-13-14(15)10(6-2)19-21(13)4/h7,11,17H,5-6,8,16H2,1-4H3. The third kappa shape index (κ3) is 3.12. The Kier molecular flexibility index (Phi) is 5.03. The van der Waals surface area contributed by atoms with Crippen LogP contribution in [-0.2, 0) is 33.4 Å². The Morgan fingerprint density at radius 1 is 1.24 bits per heavy atom. The number of rotatable bonds is 6. The van der Waals surface area contributed by atoms with Crippen LogP contribution in [0.15, 0.2) is 6.07 Å². The third-order valence-electron chi connectivity index (χ3n) is 3.79. The summed E-state index contributed by atoms with van der Waals surface area (Å²) in [4.78, 5) is 0. The second-order valence-electron chi connectivity index (χ2n) is 5.15. The van der Waals surface area contributed by atoms with E-state index in [1.54, 1.807) is 0 Å². The molecule has 2 aromatic heterocycles. The summed E-state index contributed by atoms with van der Waals surface area (Å²) in [5.74, 6) is 5.75. The first-order valence-electron chi connectivity index (χ1n) is 7.20. The summed E-state index contributed by atoms with van der Waals surface area (Å²) >= 11 is 6.42. The van der Waals surface area contributed by atoms with Gasteiger partial charge in [0.05, 0.1) is 33.8 Å². The summed E-state index contributed by atoms with van der Waals surface area (Å²) in [6.45, 7) is 4.13.